The number of methoxy groups -OCH3 is 1. The zero-order valence-electron chi connectivity index (χ0n) is 9.96. The van der Waals surface area contributed by atoms with E-state index in [1.165, 1.54) is 11.8 Å². The van der Waals surface area contributed by atoms with Gasteiger partial charge in [0.15, 0.2) is 5.69 Å². The van der Waals surface area contributed by atoms with Gasteiger partial charge in [-0.2, -0.15) is 0 Å². The molecular weight excluding hydrogens is 226 g/mol. The molecule has 0 aromatic carbocycles. The lowest BCUT2D eigenvalue weighted by molar-refractivity contribution is 0.0684. The highest BCUT2D eigenvalue weighted by Crippen LogP contribution is 2.09. The molecule has 1 rings (SSSR count). The first-order chi connectivity index (χ1) is 8.06. The molecule has 1 aromatic rings. The van der Waals surface area contributed by atoms with Crippen LogP contribution in [0.15, 0.2) is 0 Å². The maximum atomic E-state index is 10.9. The van der Waals surface area contributed by atoms with Crippen molar-refractivity contribution in [2.75, 3.05) is 7.11 Å². The van der Waals surface area contributed by atoms with Gasteiger partial charge >= 0.3 is 5.97 Å². The summed E-state index contributed by atoms with van der Waals surface area (Å²) in [5.74, 6) is -1.11. The zero-order valence-corrected chi connectivity index (χ0v) is 9.96. The molecule has 1 unspecified atom stereocenters. The number of carboxylic acid groups (broad SMARTS) is 1. The summed E-state index contributed by atoms with van der Waals surface area (Å²) < 4.78 is 6.44. The second-order valence-corrected chi connectivity index (χ2v) is 3.84. The number of carboxylic acids is 1. The number of nitrogens with zero attached hydrogens (tertiary/aromatic N) is 3. The fraction of sp³-hybridized carbons (Fsp3) is 0.700. The minimum absolute atomic E-state index is 0.0797. The maximum Gasteiger partial charge on any atom is 0.358 e. The number of aliphatic hydroxyl groups is 1. The molecule has 17 heavy (non-hydrogen) atoms. The molecule has 0 aliphatic rings. The van der Waals surface area contributed by atoms with Gasteiger partial charge in [-0.05, 0) is 19.8 Å². The van der Waals surface area contributed by atoms with E-state index in [1.54, 1.807) is 6.92 Å². The van der Waals surface area contributed by atoms with Crippen molar-refractivity contribution in [2.45, 2.75) is 39.0 Å². The van der Waals surface area contributed by atoms with E-state index in [0.717, 1.165) is 0 Å². The fourth-order valence-electron chi connectivity index (χ4n) is 1.49. The molecule has 0 saturated carbocycles. The van der Waals surface area contributed by atoms with Crippen LogP contribution in [-0.2, 0) is 17.9 Å². The van der Waals surface area contributed by atoms with Crippen LogP contribution in [0.3, 0.4) is 0 Å². The van der Waals surface area contributed by atoms with Gasteiger partial charge in [0, 0.05) is 13.7 Å². The number of aromatic carboxylic acids is 1. The Labute approximate surface area is 99.0 Å². The summed E-state index contributed by atoms with van der Waals surface area (Å²) in [4.78, 5) is 10.9. The Bertz CT molecular complexity index is 376. The van der Waals surface area contributed by atoms with Crippen LogP contribution < -0.4 is 0 Å². The Morgan fingerprint density at radius 1 is 1.59 bits per heavy atom. The average molecular weight is 243 g/mol. The molecular formula is C10H17N3O4. The lowest BCUT2D eigenvalue weighted by atomic mass is 10.2. The van der Waals surface area contributed by atoms with Gasteiger partial charge in [0.2, 0.25) is 0 Å². The first-order valence-electron chi connectivity index (χ1n) is 5.39. The molecule has 0 fully saturated rings. The fourth-order valence-corrected chi connectivity index (χ4v) is 1.49. The third kappa shape index (κ3) is 3.79. The van der Waals surface area contributed by atoms with Crippen LogP contribution in [0.4, 0.5) is 0 Å². The van der Waals surface area contributed by atoms with E-state index in [4.69, 9.17) is 14.9 Å². The van der Waals surface area contributed by atoms with E-state index < -0.39 is 5.97 Å². The second-order valence-electron chi connectivity index (χ2n) is 3.84. The molecule has 0 radical (unpaired) electrons. The van der Waals surface area contributed by atoms with E-state index in [2.05, 4.69) is 10.3 Å². The number of ether oxygens (including phenoxy) is 1. The normalized spacial score (nSPS) is 12.6. The minimum atomic E-state index is -1.11. The van der Waals surface area contributed by atoms with E-state index >= 15 is 0 Å². The van der Waals surface area contributed by atoms with Gasteiger partial charge in [-0.25, -0.2) is 9.48 Å². The maximum absolute atomic E-state index is 10.9. The van der Waals surface area contributed by atoms with Gasteiger partial charge in [-0.1, -0.05) is 5.21 Å². The summed E-state index contributed by atoms with van der Waals surface area (Å²) in [6, 6.07) is 0. The highest BCUT2D eigenvalue weighted by atomic mass is 16.5. The molecule has 1 aromatic heterocycles. The highest BCUT2D eigenvalue weighted by Gasteiger charge is 2.18. The smallest absolute Gasteiger partial charge is 0.358 e. The summed E-state index contributed by atoms with van der Waals surface area (Å²) in [6.45, 7) is 2.38. The second kappa shape index (κ2) is 6.31. The first kappa shape index (κ1) is 13.6. The quantitative estimate of drug-likeness (QED) is 0.714. The lowest BCUT2D eigenvalue weighted by Gasteiger charge is -2.07. The molecule has 1 atom stereocenters. The highest BCUT2D eigenvalue weighted by molar-refractivity contribution is 5.86. The average Bonchev–Trinajstić information content (AvgIpc) is 2.62. The summed E-state index contributed by atoms with van der Waals surface area (Å²) in [5, 5.41) is 25.4. The van der Waals surface area contributed by atoms with Crippen LogP contribution in [0.5, 0.6) is 0 Å². The van der Waals surface area contributed by atoms with Gasteiger partial charge < -0.3 is 14.9 Å². The Kier molecular flexibility index (Phi) is 5.05. The molecule has 2 N–H and O–H groups in total. The van der Waals surface area contributed by atoms with Crippen LogP contribution in [0.25, 0.3) is 0 Å². The standard InChI is InChI=1S/C10H17N3O4/c1-7(14)4-3-5-13-8(6-17-2)9(10(15)16)11-12-13/h7,14H,3-6H2,1-2H3,(H,15,16). The molecule has 96 valence electrons. The summed E-state index contributed by atoms with van der Waals surface area (Å²) in [5.41, 5.74) is 0.370. The van der Waals surface area contributed by atoms with E-state index in [-0.39, 0.29) is 18.4 Å². The van der Waals surface area contributed by atoms with Crippen molar-refractivity contribution in [3.8, 4) is 0 Å². The number of hydrogen-bond donors (Lipinski definition) is 2. The Balaban J connectivity index is 2.73. The van der Waals surface area contributed by atoms with Crippen molar-refractivity contribution < 1.29 is 19.7 Å². The lowest BCUT2D eigenvalue weighted by Crippen LogP contribution is -2.11. The van der Waals surface area contributed by atoms with Crippen molar-refractivity contribution in [1.29, 1.82) is 0 Å². The monoisotopic (exact) mass is 243 g/mol. The van der Waals surface area contributed by atoms with Gasteiger partial charge in [0.05, 0.1) is 18.4 Å². The minimum Gasteiger partial charge on any atom is -0.476 e. The molecule has 1 heterocycles. The molecule has 0 saturated heterocycles. The topological polar surface area (TPSA) is 97.5 Å². The number of carbonyl (C=O) groups is 1. The Hall–Kier alpha value is -1.47. The molecule has 7 nitrogen and oxygen atoms in total. The molecule has 0 amide bonds. The van der Waals surface area contributed by atoms with Crippen molar-refractivity contribution >= 4 is 5.97 Å². The number of aliphatic hydroxyl groups excluding tert-OH is 1. The van der Waals surface area contributed by atoms with Gasteiger partial charge in [-0.15, -0.1) is 5.10 Å². The summed E-state index contributed by atoms with van der Waals surface area (Å²) >= 11 is 0. The third-order valence-corrected chi connectivity index (χ3v) is 2.31. The van der Waals surface area contributed by atoms with E-state index in [0.29, 0.717) is 25.1 Å². The van der Waals surface area contributed by atoms with Gasteiger partial charge in [0.25, 0.3) is 0 Å². The van der Waals surface area contributed by atoms with E-state index in [1.807, 2.05) is 0 Å². The van der Waals surface area contributed by atoms with Crippen molar-refractivity contribution in [3.05, 3.63) is 11.4 Å². The largest absolute Gasteiger partial charge is 0.476 e. The summed E-state index contributed by atoms with van der Waals surface area (Å²) in [7, 11) is 1.48. The SMILES string of the molecule is COCc1c(C(=O)O)nnn1CCCC(C)O. The number of aromatic nitrogens is 3. The molecule has 0 spiro atoms. The molecule has 0 aliphatic carbocycles. The molecule has 7 heteroatoms. The van der Waals surface area contributed by atoms with Crippen molar-refractivity contribution in [2.24, 2.45) is 0 Å². The molecule has 0 bridgehead atoms. The first-order valence-corrected chi connectivity index (χ1v) is 5.39. The van der Waals surface area contributed by atoms with E-state index in [9.17, 15) is 4.79 Å². The van der Waals surface area contributed by atoms with Crippen LogP contribution in [0, 0.1) is 0 Å². The Morgan fingerprint density at radius 2 is 2.29 bits per heavy atom. The summed E-state index contributed by atoms with van der Waals surface area (Å²) in [6.07, 6.45) is 0.967. The van der Waals surface area contributed by atoms with Crippen LogP contribution >= 0.6 is 0 Å². The number of rotatable bonds is 7. The third-order valence-electron chi connectivity index (χ3n) is 2.31. The predicted molar refractivity (Wildman–Crippen MR) is 58.6 cm³/mol. The number of aryl methyl sites for hydroxylation is 1. The van der Waals surface area contributed by atoms with Crippen LogP contribution in [0.1, 0.15) is 35.9 Å². The van der Waals surface area contributed by atoms with Crippen LogP contribution in [-0.4, -0.2) is 44.4 Å². The Morgan fingerprint density at radius 3 is 2.82 bits per heavy atom. The molecule has 0 aliphatic heterocycles. The van der Waals surface area contributed by atoms with Crippen molar-refractivity contribution in [3.63, 3.8) is 0 Å². The number of hydrogen-bond acceptors (Lipinski definition) is 5. The van der Waals surface area contributed by atoms with Crippen LogP contribution in [0.2, 0.25) is 0 Å². The van der Waals surface area contributed by atoms with Crippen molar-refractivity contribution in [1.82, 2.24) is 15.0 Å². The van der Waals surface area contributed by atoms with Gasteiger partial charge in [-0.3, -0.25) is 0 Å². The zero-order chi connectivity index (χ0) is 12.8. The predicted octanol–water partition coefficient (Wildman–Crippen LogP) is 0.284. The van der Waals surface area contributed by atoms with Gasteiger partial charge in [0.1, 0.15) is 0 Å².